The Balaban J connectivity index is 2.03. The first kappa shape index (κ1) is 19.0. The molecule has 8 nitrogen and oxygen atoms in total. The minimum Gasteiger partial charge on any atom is -0.506 e. The third kappa shape index (κ3) is 4.83. The average molecular weight is 431 g/mol. The lowest BCUT2D eigenvalue weighted by Gasteiger charge is -2.10. The van der Waals surface area contributed by atoms with Gasteiger partial charge in [-0.1, -0.05) is 6.92 Å². The minimum atomic E-state index is -3.48. The number of benzene rings is 1. The van der Waals surface area contributed by atoms with Gasteiger partial charge in [0.2, 0.25) is 5.91 Å². The average Bonchev–Trinajstić information content (AvgIpc) is 3.01. The van der Waals surface area contributed by atoms with Crippen LogP contribution in [0.2, 0.25) is 0 Å². The molecule has 10 heteroatoms. The number of anilines is 1. The van der Waals surface area contributed by atoms with Crippen LogP contribution in [0.5, 0.6) is 5.75 Å². The summed E-state index contributed by atoms with van der Waals surface area (Å²) >= 11 is 3.06. The lowest BCUT2D eigenvalue weighted by atomic mass is 10.3. The van der Waals surface area contributed by atoms with Crippen LogP contribution < -0.4 is 10.6 Å². The molecule has 1 aromatic heterocycles. The van der Waals surface area contributed by atoms with E-state index in [2.05, 4.69) is 26.6 Å². The molecule has 0 aliphatic carbocycles. The highest BCUT2D eigenvalue weighted by atomic mass is 79.9. The van der Waals surface area contributed by atoms with E-state index in [4.69, 9.17) is 4.42 Å². The predicted molar refractivity (Wildman–Crippen MR) is 93.2 cm³/mol. The highest BCUT2D eigenvalue weighted by Gasteiger charge is 2.16. The fourth-order valence-electron chi connectivity index (χ4n) is 1.85. The Labute approximate surface area is 152 Å². The standard InChI is InChI=1S/C15H15BrN2O6S/c1-2-25(22,23)9-3-4-11(19)10(7-9)18-14(20)8-17-15(21)12-5-6-13(16)24-12/h3-7,19H,2,8H2,1H3,(H,17,21)(H,18,20). The van der Waals surface area contributed by atoms with Crippen LogP contribution in [0.3, 0.4) is 0 Å². The minimum absolute atomic E-state index is 0.0208. The molecule has 0 fully saturated rings. The van der Waals surface area contributed by atoms with Gasteiger partial charge in [0, 0.05) is 0 Å². The SMILES string of the molecule is CCS(=O)(=O)c1ccc(O)c(NC(=O)CNC(=O)c2ccc(Br)o2)c1. The van der Waals surface area contributed by atoms with Gasteiger partial charge in [0.1, 0.15) is 5.75 Å². The first-order chi connectivity index (χ1) is 11.7. The Morgan fingerprint density at radius 3 is 2.56 bits per heavy atom. The molecule has 0 saturated carbocycles. The van der Waals surface area contributed by atoms with Gasteiger partial charge in [0.05, 0.1) is 22.9 Å². The first-order valence-corrected chi connectivity index (χ1v) is 9.56. The van der Waals surface area contributed by atoms with Gasteiger partial charge >= 0.3 is 0 Å². The van der Waals surface area contributed by atoms with Crippen LogP contribution in [0.15, 0.2) is 44.3 Å². The molecular weight excluding hydrogens is 416 g/mol. The van der Waals surface area contributed by atoms with Crippen LogP contribution in [0.25, 0.3) is 0 Å². The number of aromatic hydroxyl groups is 1. The van der Waals surface area contributed by atoms with E-state index in [1.165, 1.54) is 31.2 Å². The van der Waals surface area contributed by atoms with Crippen LogP contribution in [0.1, 0.15) is 17.5 Å². The molecule has 2 aromatic rings. The summed E-state index contributed by atoms with van der Waals surface area (Å²) in [6.45, 7) is 1.10. The second kappa shape index (κ2) is 7.70. The van der Waals surface area contributed by atoms with Crippen LogP contribution in [-0.2, 0) is 14.6 Å². The maximum absolute atomic E-state index is 11.9. The fraction of sp³-hybridized carbons (Fsp3) is 0.200. The fourth-order valence-corrected chi connectivity index (χ4v) is 3.07. The molecule has 0 saturated heterocycles. The number of carbonyl (C=O) groups excluding carboxylic acids is 2. The molecule has 1 aromatic carbocycles. The highest BCUT2D eigenvalue weighted by molar-refractivity contribution is 9.10. The van der Waals surface area contributed by atoms with Crippen molar-refractivity contribution in [2.24, 2.45) is 0 Å². The number of halogens is 1. The van der Waals surface area contributed by atoms with Gasteiger partial charge in [-0.25, -0.2) is 8.42 Å². The molecular formula is C15H15BrN2O6S. The molecule has 2 amide bonds. The molecule has 3 N–H and O–H groups in total. The van der Waals surface area contributed by atoms with Gasteiger partial charge < -0.3 is 20.2 Å². The van der Waals surface area contributed by atoms with E-state index in [1.54, 1.807) is 0 Å². The zero-order valence-electron chi connectivity index (χ0n) is 13.1. The van der Waals surface area contributed by atoms with Gasteiger partial charge in [-0.2, -0.15) is 0 Å². The molecule has 0 unspecified atom stereocenters. The van der Waals surface area contributed by atoms with Crippen molar-refractivity contribution in [2.75, 3.05) is 17.6 Å². The Morgan fingerprint density at radius 2 is 1.96 bits per heavy atom. The van der Waals surface area contributed by atoms with Crippen molar-refractivity contribution < 1.29 is 27.5 Å². The summed E-state index contributed by atoms with van der Waals surface area (Å²) in [4.78, 5) is 23.7. The van der Waals surface area contributed by atoms with Gasteiger partial charge in [0.15, 0.2) is 20.3 Å². The highest BCUT2D eigenvalue weighted by Crippen LogP contribution is 2.26. The molecule has 0 aliphatic rings. The molecule has 0 spiro atoms. The van der Waals surface area contributed by atoms with Crippen molar-refractivity contribution in [3.05, 3.63) is 40.8 Å². The monoisotopic (exact) mass is 430 g/mol. The normalized spacial score (nSPS) is 11.1. The summed E-state index contributed by atoms with van der Waals surface area (Å²) in [5, 5.41) is 14.5. The summed E-state index contributed by atoms with van der Waals surface area (Å²) in [7, 11) is -3.48. The maximum atomic E-state index is 11.9. The van der Waals surface area contributed by atoms with Crippen LogP contribution in [0, 0.1) is 0 Å². The molecule has 1 heterocycles. The topological polar surface area (TPSA) is 126 Å². The number of phenolic OH excluding ortho intramolecular Hbond substituents is 1. The Morgan fingerprint density at radius 1 is 1.24 bits per heavy atom. The van der Waals surface area contributed by atoms with E-state index in [1.807, 2.05) is 0 Å². The summed E-state index contributed by atoms with van der Waals surface area (Å²) in [6, 6.07) is 6.56. The number of hydrogen-bond acceptors (Lipinski definition) is 6. The van der Waals surface area contributed by atoms with Crippen molar-refractivity contribution in [2.45, 2.75) is 11.8 Å². The number of phenols is 1. The number of sulfone groups is 1. The molecule has 2 rings (SSSR count). The van der Waals surface area contributed by atoms with E-state index in [-0.39, 0.29) is 34.4 Å². The van der Waals surface area contributed by atoms with Gasteiger partial charge in [0.25, 0.3) is 5.91 Å². The second-order valence-electron chi connectivity index (χ2n) is 4.92. The van der Waals surface area contributed by atoms with E-state index in [0.717, 1.165) is 6.07 Å². The molecule has 25 heavy (non-hydrogen) atoms. The number of amides is 2. The summed E-state index contributed by atoms with van der Waals surface area (Å²) in [5.74, 6) is -1.60. The van der Waals surface area contributed by atoms with Crippen molar-refractivity contribution in [1.82, 2.24) is 5.32 Å². The van der Waals surface area contributed by atoms with E-state index in [9.17, 15) is 23.1 Å². The Hall–Kier alpha value is -2.33. The van der Waals surface area contributed by atoms with Gasteiger partial charge in [-0.15, -0.1) is 0 Å². The van der Waals surface area contributed by atoms with Crippen molar-refractivity contribution in [1.29, 1.82) is 0 Å². The quantitative estimate of drug-likeness (QED) is 0.600. The lowest BCUT2D eigenvalue weighted by Crippen LogP contribution is -2.32. The summed E-state index contributed by atoms with van der Waals surface area (Å²) < 4.78 is 29.1. The first-order valence-electron chi connectivity index (χ1n) is 7.12. The van der Waals surface area contributed by atoms with E-state index >= 15 is 0 Å². The van der Waals surface area contributed by atoms with Crippen LogP contribution in [-0.4, -0.2) is 37.6 Å². The largest absolute Gasteiger partial charge is 0.506 e. The van der Waals surface area contributed by atoms with Crippen LogP contribution >= 0.6 is 15.9 Å². The number of furan rings is 1. The molecule has 0 bridgehead atoms. The summed E-state index contributed by atoms with van der Waals surface area (Å²) in [6.07, 6.45) is 0. The number of nitrogens with one attached hydrogen (secondary N) is 2. The zero-order valence-corrected chi connectivity index (χ0v) is 15.5. The second-order valence-corrected chi connectivity index (χ2v) is 7.98. The predicted octanol–water partition coefficient (Wildman–Crippen LogP) is 1.91. The number of rotatable bonds is 6. The molecule has 0 atom stereocenters. The van der Waals surface area contributed by atoms with Crippen molar-refractivity contribution in [3.8, 4) is 5.75 Å². The van der Waals surface area contributed by atoms with Crippen molar-refractivity contribution in [3.63, 3.8) is 0 Å². The third-order valence-electron chi connectivity index (χ3n) is 3.19. The third-order valence-corrected chi connectivity index (χ3v) is 5.35. The molecule has 0 radical (unpaired) electrons. The Bertz CT molecular complexity index is 906. The van der Waals surface area contributed by atoms with Crippen LogP contribution in [0.4, 0.5) is 5.69 Å². The molecule has 134 valence electrons. The maximum Gasteiger partial charge on any atom is 0.287 e. The zero-order chi connectivity index (χ0) is 18.6. The van der Waals surface area contributed by atoms with Crippen molar-refractivity contribution >= 4 is 43.3 Å². The van der Waals surface area contributed by atoms with Gasteiger partial charge in [-0.05, 0) is 46.3 Å². The van der Waals surface area contributed by atoms with Gasteiger partial charge in [-0.3, -0.25) is 9.59 Å². The summed E-state index contributed by atoms with van der Waals surface area (Å²) in [5.41, 5.74) is -0.0606. The number of carbonyl (C=O) groups is 2. The van der Waals surface area contributed by atoms with E-state index in [0.29, 0.717) is 4.67 Å². The smallest absolute Gasteiger partial charge is 0.287 e. The lowest BCUT2D eigenvalue weighted by molar-refractivity contribution is -0.115. The molecule has 0 aliphatic heterocycles. The number of hydrogen-bond donors (Lipinski definition) is 3. The Kier molecular flexibility index (Phi) is 5.85. The van der Waals surface area contributed by atoms with E-state index < -0.39 is 21.7 Å².